The number of unbranched alkanes of at least 4 members (excludes halogenated alkanes) is 1. The van der Waals surface area contributed by atoms with Gasteiger partial charge >= 0.3 is 17.9 Å². The fourth-order valence-corrected chi connectivity index (χ4v) is 2.14. The normalized spacial score (nSPS) is 13.8. The second-order valence-electron chi connectivity index (χ2n) is 6.85. The van der Waals surface area contributed by atoms with Gasteiger partial charge in [0.05, 0.1) is 34.4 Å². The highest BCUT2D eigenvalue weighted by Crippen LogP contribution is 2.09. The SMILES string of the molecule is CCCCC(=O)OC(COCCC(C(=O)O)[N+](C)(C)C)COC(C)=O. The number of likely N-dealkylation sites (N-methyl/N-ethyl adjacent to an activating group) is 1. The predicted molar refractivity (Wildman–Crippen MR) is 90.9 cm³/mol. The Morgan fingerprint density at radius 3 is 2.24 bits per heavy atom. The lowest BCUT2D eigenvalue weighted by Crippen LogP contribution is -2.50. The Morgan fingerprint density at radius 1 is 1.12 bits per heavy atom. The molecule has 0 aliphatic heterocycles. The molecule has 0 aromatic heterocycles. The van der Waals surface area contributed by atoms with Crippen LogP contribution in [-0.4, -0.2) is 80.6 Å². The number of quaternary nitrogens is 1. The van der Waals surface area contributed by atoms with E-state index in [1.54, 1.807) is 21.1 Å². The average Bonchev–Trinajstić information content (AvgIpc) is 2.48. The maximum Gasteiger partial charge on any atom is 0.362 e. The first-order valence-corrected chi connectivity index (χ1v) is 8.52. The second-order valence-corrected chi connectivity index (χ2v) is 6.85. The summed E-state index contributed by atoms with van der Waals surface area (Å²) in [7, 11) is 5.41. The number of hydrogen-bond donors (Lipinski definition) is 1. The molecule has 8 nitrogen and oxygen atoms in total. The van der Waals surface area contributed by atoms with Crippen LogP contribution in [0.25, 0.3) is 0 Å². The monoisotopic (exact) mass is 362 g/mol. The van der Waals surface area contributed by atoms with Crippen molar-refractivity contribution in [3.8, 4) is 0 Å². The molecule has 8 heteroatoms. The standard InChI is InChI=1S/C17H31NO7/c1-6-7-8-16(20)25-14(12-24-13(2)19)11-23-10-9-15(17(21)22)18(3,4)5/h14-15H,6-12H2,1-5H3/p+1. The first kappa shape index (κ1) is 23.3. The molecule has 0 amide bonds. The third-order valence-corrected chi connectivity index (χ3v) is 3.56. The fraction of sp³-hybridized carbons (Fsp3) is 0.824. The van der Waals surface area contributed by atoms with Gasteiger partial charge in [-0.15, -0.1) is 0 Å². The van der Waals surface area contributed by atoms with E-state index >= 15 is 0 Å². The van der Waals surface area contributed by atoms with E-state index in [-0.39, 0.29) is 30.3 Å². The van der Waals surface area contributed by atoms with Crippen LogP contribution < -0.4 is 0 Å². The Hall–Kier alpha value is -1.67. The summed E-state index contributed by atoms with van der Waals surface area (Å²) < 4.78 is 15.9. The lowest BCUT2D eigenvalue weighted by molar-refractivity contribution is -0.887. The van der Waals surface area contributed by atoms with Gasteiger partial charge in [-0.25, -0.2) is 4.79 Å². The zero-order chi connectivity index (χ0) is 19.5. The van der Waals surface area contributed by atoms with Crippen molar-refractivity contribution in [2.45, 2.75) is 51.7 Å². The number of ether oxygens (including phenoxy) is 3. The number of hydrogen-bond acceptors (Lipinski definition) is 6. The highest BCUT2D eigenvalue weighted by molar-refractivity contribution is 5.72. The first-order valence-electron chi connectivity index (χ1n) is 8.52. The number of aliphatic carboxylic acids is 1. The van der Waals surface area contributed by atoms with Crippen LogP contribution in [0, 0.1) is 0 Å². The molecule has 0 saturated heterocycles. The average molecular weight is 362 g/mol. The molecule has 0 aromatic rings. The Kier molecular flexibility index (Phi) is 11.0. The number of nitrogens with zero attached hydrogens (tertiary/aromatic N) is 1. The number of rotatable bonds is 13. The van der Waals surface area contributed by atoms with Gasteiger partial charge < -0.3 is 23.8 Å². The highest BCUT2D eigenvalue weighted by Gasteiger charge is 2.31. The Bertz CT molecular complexity index is 431. The molecule has 0 spiro atoms. The predicted octanol–water partition coefficient (Wildman–Crippen LogP) is 1.22. The molecule has 25 heavy (non-hydrogen) atoms. The van der Waals surface area contributed by atoms with E-state index in [0.29, 0.717) is 12.8 Å². The molecule has 0 bridgehead atoms. The van der Waals surface area contributed by atoms with Gasteiger partial charge in [-0.05, 0) is 6.42 Å². The summed E-state index contributed by atoms with van der Waals surface area (Å²) >= 11 is 0. The van der Waals surface area contributed by atoms with Crippen LogP contribution in [0.4, 0.5) is 0 Å². The number of esters is 2. The summed E-state index contributed by atoms with van der Waals surface area (Å²) in [6.07, 6.45) is 1.53. The Labute approximate surface area is 149 Å². The minimum Gasteiger partial charge on any atom is -0.477 e. The van der Waals surface area contributed by atoms with Gasteiger partial charge in [-0.3, -0.25) is 9.59 Å². The molecule has 0 saturated carbocycles. The van der Waals surface area contributed by atoms with Crippen LogP contribution >= 0.6 is 0 Å². The quantitative estimate of drug-likeness (QED) is 0.299. The summed E-state index contributed by atoms with van der Waals surface area (Å²) in [5, 5.41) is 9.27. The molecule has 0 aliphatic rings. The van der Waals surface area contributed by atoms with Gasteiger partial charge in [0.1, 0.15) is 6.61 Å². The number of carbonyl (C=O) groups is 3. The van der Waals surface area contributed by atoms with E-state index in [1.807, 2.05) is 6.92 Å². The topological polar surface area (TPSA) is 99.1 Å². The van der Waals surface area contributed by atoms with Crippen LogP contribution in [0.1, 0.15) is 39.5 Å². The minimum absolute atomic E-state index is 0.0502. The van der Waals surface area contributed by atoms with Gasteiger partial charge in [-0.2, -0.15) is 0 Å². The van der Waals surface area contributed by atoms with Crippen molar-refractivity contribution in [3.05, 3.63) is 0 Å². The Morgan fingerprint density at radius 2 is 1.76 bits per heavy atom. The molecule has 0 aromatic carbocycles. The zero-order valence-corrected chi connectivity index (χ0v) is 15.9. The molecule has 2 atom stereocenters. The largest absolute Gasteiger partial charge is 0.477 e. The van der Waals surface area contributed by atoms with E-state index in [0.717, 1.165) is 12.8 Å². The van der Waals surface area contributed by atoms with Gasteiger partial charge in [0.2, 0.25) is 0 Å². The molecular weight excluding hydrogens is 330 g/mol. The van der Waals surface area contributed by atoms with Crippen molar-refractivity contribution in [2.75, 3.05) is 41.0 Å². The van der Waals surface area contributed by atoms with Crippen LogP contribution in [-0.2, 0) is 28.6 Å². The molecule has 146 valence electrons. The molecular formula is C17H32NO7+. The summed E-state index contributed by atoms with van der Waals surface area (Å²) in [6, 6.07) is -0.598. The van der Waals surface area contributed by atoms with Crippen LogP contribution in [0.2, 0.25) is 0 Å². The molecule has 0 radical (unpaired) electrons. The van der Waals surface area contributed by atoms with Gasteiger partial charge in [0, 0.05) is 19.8 Å². The third-order valence-electron chi connectivity index (χ3n) is 3.56. The van der Waals surface area contributed by atoms with Crippen molar-refractivity contribution < 1.29 is 38.2 Å². The van der Waals surface area contributed by atoms with Crippen LogP contribution in [0.3, 0.4) is 0 Å². The van der Waals surface area contributed by atoms with Crippen molar-refractivity contribution >= 4 is 17.9 Å². The maximum atomic E-state index is 11.7. The first-order chi connectivity index (χ1) is 11.6. The number of carboxylic acids is 1. The van der Waals surface area contributed by atoms with E-state index < -0.39 is 24.1 Å². The van der Waals surface area contributed by atoms with Crippen LogP contribution in [0.5, 0.6) is 0 Å². The summed E-state index contributed by atoms with van der Waals surface area (Å²) in [5.74, 6) is -1.72. The summed E-state index contributed by atoms with van der Waals surface area (Å²) in [4.78, 5) is 34.0. The molecule has 2 unspecified atom stereocenters. The van der Waals surface area contributed by atoms with E-state index in [1.165, 1.54) is 6.92 Å². The van der Waals surface area contributed by atoms with Gasteiger partial charge in [-0.1, -0.05) is 13.3 Å². The van der Waals surface area contributed by atoms with Crippen molar-refractivity contribution in [3.63, 3.8) is 0 Å². The fourth-order valence-electron chi connectivity index (χ4n) is 2.14. The third kappa shape index (κ3) is 11.5. The van der Waals surface area contributed by atoms with Crippen molar-refractivity contribution in [2.24, 2.45) is 0 Å². The smallest absolute Gasteiger partial charge is 0.362 e. The highest BCUT2D eigenvalue weighted by atomic mass is 16.6. The molecule has 0 fully saturated rings. The van der Waals surface area contributed by atoms with Gasteiger partial charge in [0.25, 0.3) is 0 Å². The summed E-state index contributed by atoms with van der Waals surface area (Å²) in [5.41, 5.74) is 0. The maximum absolute atomic E-state index is 11.7. The van der Waals surface area contributed by atoms with Crippen molar-refractivity contribution in [1.29, 1.82) is 0 Å². The van der Waals surface area contributed by atoms with Crippen LogP contribution in [0.15, 0.2) is 0 Å². The van der Waals surface area contributed by atoms with E-state index in [4.69, 9.17) is 14.2 Å². The number of carbonyl (C=O) groups excluding carboxylic acids is 2. The second kappa shape index (κ2) is 11.8. The summed E-state index contributed by atoms with van der Waals surface area (Å²) in [6.45, 7) is 3.42. The number of carboxylic acid groups (broad SMARTS) is 1. The van der Waals surface area contributed by atoms with Crippen molar-refractivity contribution in [1.82, 2.24) is 0 Å². The lowest BCUT2D eigenvalue weighted by atomic mass is 10.1. The zero-order valence-electron chi connectivity index (χ0n) is 15.9. The van der Waals surface area contributed by atoms with E-state index in [9.17, 15) is 19.5 Å². The molecule has 0 heterocycles. The Balaban J connectivity index is 4.42. The molecule has 0 rings (SSSR count). The minimum atomic E-state index is -0.890. The lowest BCUT2D eigenvalue weighted by Gasteiger charge is -2.31. The molecule has 1 N–H and O–H groups in total. The molecule has 0 aliphatic carbocycles. The van der Waals surface area contributed by atoms with Gasteiger partial charge in [0.15, 0.2) is 12.1 Å². The van der Waals surface area contributed by atoms with E-state index in [2.05, 4.69) is 0 Å².